The van der Waals surface area contributed by atoms with Crippen molar-refractivity contribution in [1.29, 1.82) is 0 Å². The van der Waals surface area contributed by atoms with Crippen molar-refractivity contribution in [1.82, 2.24) is 19.9 Å². The Kier molecular flexibility index (Phi) is 4.71. The Morgan fingerprint density at radius 1 is 1.29 bits per heavy atom. The van der Waals surface area contributed by atoms with Gasteiger partial charge in [-0.1, -0.05) is 0 Å². The number of carbonyl (C=O) groups excluding carboxylic acids is 1. The molecule has 3 heterocycles. The molecular formula is C17H18N4O2S. The van der Waals surface area contributed by atoms with Gasteiger partial charge in [0.15, 0.2) is 0 Å². The van der Waals surface area contributed by atoms with Gasteiger partial charge in [-0.25, -0.2) is 4.98 Å². The molecule has 0 aliphatic carbocycles. The van der Waals surface area contributed by atoms with Crippen molar-refractivity contribution in [3.63, 3.8) is 0 Å². The fourth-order valence-electron chi connectivity index (χ4n) is 2.44. The first-order valence-corrected chi connectivity index (χ1v) is 8.48. The molecule has 0 atom stereocenters. The molecule has 0 saturated carbocycles. The summed E-state index contributed by atoms with van der Waals surface area (Å²) in [5.74, 6) is -0.1000. The molecule has 0 fully saturated rings. The molecule has 1 N–H and O–H groups in total. The fourth-order valence-corrected chi connectivity index (χ4v) is 3.43. The lowest BCUT2D eigenvalue weighted by Gasteiger charge is -2.07. The van der Waals surface area contributed by atoms with Crippen LogP contribution in [-0.2, 0) is 17.9 Å². The molecule has 0 aliphatic rings. The van der Waals surface area contributed by atoms with Crippen molar-refractivity contribution >= 4 is 27.5 Å². The molecule has 24 heavy (non-hydrogen) atoms. The molecule has 0 bridgehead atoms. The number of hydrogen-bond acceptors (Lipinski definition) is 5. The van der Waals surface area contributed by atoms with Crippen LogP contribution in [0.1, 0.15) is 22.4 Å². The average molecular weight is 342 g/mol. The Labute approximate surface area is 143 Å². The Morgan fingerprint density at radius 2 is 2.04 bits per heavy atom. The highest BCUT2D eigenvalue weighted by Crippen LogP contribution is 2.25. The van der Waals surface area contributed by atoms with Crippen LogP contribution in [0.15, 0.2) is 35.6 Å². The van der Waals surface area contributed by atoms with E-state index < -0.39 is 0 Å². The minimum Gasteiger partial charge on any atom is -0.352 e. The van der Waals surface area contributed by atoms with Crippen molar-refractivity contribution in [2.75, 3.05) is 0 Å². The smallest absolute Gasteiger partial charge is 0.262 e. The summed E-state index contributed by atoms with van der Waals surface area (Å²) < 4.78 is 1.51. The molecule has 0 spiro atoms. The third-order valence-corrected chi connectivity index (χ3v) is 5.09. The lowest BCUT2D eigenvalue weighted by Crippen LogP contribution is -2.27. The van der Waals surface area contributed by atoms with Crippen LogP contribution in [0.5, 0.6) is 0 Å². The minimum atomic E-state index is -0.1000. The number of nitrogens with one attached hydrogen (secondary N) is 1. The van der Waals surface area contributed by atoms with Gasteiger partial charge in [0.1, 0.15) is 4.83 Å². The van der Waals surface area contributed by atoms with E-state index in [-0.39, 0.29) is 17.9 Å². The molecule has 3 rings (SSSR count). The van der Waals surface area contributed by atoms with Gasteiger partial charge in [-0.3, -0.25) is 19.1 Å². The van der Waals surface area contributed by atoms with Gasteiger partial charge >= 0.3 is 0 Å². The zero-order valence-corrected chi connectivity index (χ0v) is 14.4. The molecule has 3 aromatic rings. The SMILES string of the molecule is Cc1sc2ncn(CCC(=O)NCc3ccncc3)c(=O)c2c1C. The van der Waals surface area contributed by atoms with Crippen LogP contribution >= 0.6 is 11.3 Å². The molecule has 124 valence electrons. The summed E-state index contributed by atoms with van der Waals surface area (Å²) in [6.07, 6.45) is 5.14. The zero-order chi connectivity index (χ0) is 17.1. The van der Waals surface area contributed by atoms with E-state index in [0.717, 1.165) is 20.8 Å². The van der Waals surface area contributed by atoms with Gasteiger partial charge in [-0.05, 0) is 37.1 Å². The van der Waals surface area contributed by atoms with Gasteiger partial charge in [-0.2, -0.15) is 0 Å². The third-order valence-electron chi connectivity index (χ3n) is 3.97. The highest BCUT2D eigenvalue weighted by Gasteiger charge is 2.12. The van der Waals surface area contributed by atoms with Gasteiger partial charge in [0.05, 0.1) is 11.7 Å². The molecule has 0 radical (unpaired) electrons. The van der Waals surface area contributed by atoms with Crippen LogP contribution in [0, 0.1) is 13.8 Å². The van der Waals surface area contributed by atoms with Crippen molar-refractivity contribution in [3.8, 4) is 0 Å². The summed E-state index contributed by atoms with van der Waals surface area (Å²) in [6.45, 7) is 4.69. The lowest BCUT2D eigenvalue weighted by molar-refractivity contribution is -0.121. The van der Waals surface area contributed by atoms with Gasteiger partial charge in [0.2, 0.25) is 5.91 Å². The van der Waals surface area contributed by atoms with E-state index >= 15 is 0 Å². The first kappa shape index (κ1) is 16.3. The number of pyridine rings is 1. The maximum atomic E-state index is 12.5. The van der Waals surface area contributed by atoms with E-state index in [9.17, 15) is 9.59 Å². The average Bonchev–Trinajstić information content (AvgIpc) is 2.88. The standard InChI is InChI=1S/C17H18N4O2S/c1-11-12(2)24-16-15(11)17(23)21(10-20-16)8-5-14(22)19-9-13-3-6-18-7-4-13/h3-4,6-7,10H,5,8-9H2,1-2H3,(H,19,22). The summed E-state index contributed by atoms with van der Waals surface area (Å²) in [7, 11) is 0. The van der Waals surface area contributed by atoms with Crippen molar-refractivity contribution < 1.29 is 4.79 Å². The van der Waals surface area contributed by atoms with E-state index in [2.05, 4.69) is 15.3 Å². The fraction of sp³-hybridized carbons (Fsp3) is 0.294. The highest BCUT2D eigenvalue weighted by atomic mass is 32.1. The number of amides is 1. The number of hydrogen-bond donors (Lipinski definition) is 1. The van der Waals surface area contributed by atoms with Crippen LogP contribution in [0.4, 0.5) is 0 Å². The van der Waals surface area contributed by atoms with Crippen LogP contribution in [0.3, 0.4) is 0 Å². The Hall–Kier alpha value is -2.54. The van der Waals surface area contributed by atoms with Crippen molar-refractivity contribution in [3.05, 3.63) is 57.2 Å². The maximum absolute atomic E-state index is 12.5. The summed E-state index contributed by atoms with van der Waals surface area (Å²) in [4.78, 5) is 34.7. The van der Waals surface area contributed by atoms with Crippen LogP contribution in [0.2, 0.25) is 0 Å². The molecule has 0 aliphatic heterocycles. The second-order valence-electron chi connectivity index (χ2n) is 5.59. The molecular weight excluding hydrogens is 324 g/mol. The van der Waals surface area contributed by atoms with Gasteiger partial charge in [-0.15, -0.1) is 11.3 Å². The quantitative estimate of drug-likeness (QED) is 0.771. The zero-order valence-electron chi connectivity index (χ0n) is 13.6. The number of aryl methyl sites for hydroxylation is 3. The summed E-state index contributed by atoms with van der Waals surface area (Å²) in [5.41, 5.74) is 1.88. The van der Waals surface area contributed by atoms with Crippen LogP contribution < -0.4 is 10.9 Å². The molecule has 1 amide bonds. The Balaban J connectivity index is 1.65. The molecule has 0 unspecified atom stereocenters. The van der Waals surface area contributed by atoms with Crippen LogP contribution in [-0.4, -0.2) is 20.4 Å². The van der Waals surface area contributed by atoms with E-state index in [0.29, 0.717) is 18.5 Å². The van der Waals surface area contributed by atoms with Gasteiger partial charge in [0, 0.05) is 36.8 Å². The molecule has 0 saturated heterocycles. The number of thiophene rings is 1. The maximum Gasteiger partial charge on any atom is 0.262 e. The first-order valence-electron chi connectivity index (χ1n) is 7.67. The largest absolute Gasteiger partial charge is 0.352 e. The normalized spacial score (nSPS) is 10.9. The lowest BCUT2D eigenvalue weighted by atomic mass is 10.2. The summed E-state index contributed by atoms with van der Waals surface area (Å²) in [6, 6.07) is 3.70. The van der Waals surface area contributed by atoms with E-state index in [1.807, 2.05) is 26.0 Å². The third kappa shape index (κ3) is 3.35. The van der Waals surface area contributed by atoms with Gasteiger partial charge in [0.25, 0.3) is 5.56 Å². The first-order chi connectivity index (χ1) is 11.6. The summed E-state index contributed by atoms with van der Waals surface area (Å²) >= 11 is 1.52. The number of carbonyl (C=O) groups is 1. The predicted molar refractivity (Wildman–Crippen MR) is 94.1 cm³/mol. The molecule has 0 aromatic carbocycles. The van der Waals surface area contributed by atoms with Gasteiger partial charge < -0.3 is 5.32 Å². The summed E-state index contributed by atoms with van der Waals surface area (Å²) in [5, 5.41) is 3.50. The number of fused-ring (bicyclic) bond motifs is 1. The number of aromatic nitrogens is 3. The minimum absolute atomic E-state index is 0.0798. The van der Waals surface area contributed by atoms with Crippen molar-refractivity contribution in [2.45, 2.75) is 33.4 Å². The monoisotopic (exact) mass is 342 g/mol. The van der Waals surface area contributed by atoms with E-state index in [1.54, 1.807) is 12.4 Å². The molecule has 7 heteroatoms. The topological polar surface area (TPSA) is 76.9 Å². The second kappa shape index (κ2) is 6.92. The van der Waals surface area contributed by atoms with E-state index in [4.69, 9.17) is 0 Å². The second-order valence-corrected chi connectivity index (χ2v) is 6.79. The highest BCUT2D eigenvalue weighted by molar-refractivity contribution is 7.18. The number of nitrogens with zero attached hydrogens (tertiary/aromatic N) is 3. The Bertz CT molecular complexity index is 931. The number of rotatable bonds is 5. The Morgan fingerprint density at radius 3 is 2.79 bits per heavy atom. The predicted octanol–water partition coefficient (Wildman–Crippen LogP) is 2.18. The van der Waals surface area contributed by atoms with E-state index in [1.165, 1.54) is 22.2 Å². The van der Waals surface area contributed by atoms with Crippen LogP contribution in [0.25, 0.3) is 10.2 Å². The van der Waals surface area contributed by atoms with Crippen molar-refractivity contribution in [2.24, 2.45) is 0 Å². The molecule has 6 nitrogen and oxygen atoms in total. The molecule has 3 aromatic heterocycles.